The number of aliphatic hydroxyl groups is 1. The molecule has 1 saturated heterocycles. The molecule has 0 aromatic carbocycles. The first kappa shape index (κ1) is 13.3. The van der Waals surface area contributed by atoms with Crippen LogP contribution in [0.25, 0.3) is 0 Å². The summed E-state index contributed by atoms with van der Waals surface area (Å²) in [6.45, 7) is 3.93. The second kappa shape index (κ2) is 5.67. The standard InChI is InChI=1S/C14H23N3O/c1-11(18)14-7-6-12(9-15-14)17-8-4-5-13(17)10-16(2)3/h6-7,9,11,13,18H,4-5,8,10H2,1-3H3/t11-,13?/m0/s1. The van der Waals surface area contributed by atoms with Crippen molar-refractivity contribution in [3.63, 3.8) is 0 Å². The Kier molecular flexibility index (Phi) is 4.19. The molecule has 1 aliphatic rings. The van der Waals surface area contributed by atoms with Crippen LogP contribution in [0, 0.1) is 0 Å². The highest BCUT2D eigenvalue weighted by molar-refractivity contribution is 5.47. The van der Waals surface area contributed by atoms with Crippen LogP contribution in [0.15, 0.2) is 18.3 Å². The second-order valence-corrected chi connectivity index (χ2v) is 5.37. The van der Waals surface area contributed by atoms with E-state index in [1.54, 1.807) is 6.92 Å². The van der Waals surface area contributed by atoms with E-state index in [1.165, 1.54) is 18.5 Å². The Bertz CT molecular complexity index is 375. The molecule has 1 aromatic rings. The smallest absolute Gasteiger partial charge is 0.0931 e. The lowest BCUT2D eigenvalue weighted by Crippen LogP contribution is -2.37. The van der Waals surface area contributed by atoms with Gasteiger partial charge in [-0.25, -0.2) is 0 Å². The van der Waals surface area contributed by atoms with Crippen molar-refractivity contribution in [1.82, 2.24) is 9.88 Å². The van der Waals surface area contributed by atoms with Gasteiger partial charge in [0.25, 0.3) is 0 Å². The first-order valence-electron chi connectivity index (χ1n) is 6.63. The molecule has 0 spiro atoms. The third-order valence-corrected chi connectivity index (χ3v) is 3.48. The lowest BCUT2D eigenvalue weighted by atomic mass is 10.2. The number of pyridine rings is 1. The molecular weight excluding hydrogens is 226 g/mol. The van der Waals surface area contributed by atoms with Gasteiger partial charge in [-0.1, -0.05) is 0 Å². The number of aliphatic hydroxyl groups excluding tert-OH is 1. The quantitative estimate of drug-likeness (QED) is 0.881. The molecule has 18 heavy (non-hydrogen) atoms. The van der Waals surface area contributed by atoms with E-state index in [4.69, 9.17) is 0 Å². The van der Waals surface area contributed by atoms with Crippen molar-refractivity contribution in [2.75, 3.05) is 32.1 Å². The van der Waals surface area contributed by atoms with Crippen LogP contribution in [-0.4, -0.2) is 48.2 Å². The number of nitrogens with zero attached hydrogens (tertiary/aromatic N) is 3. The fraction of sp³-hybridized carbons (Fsp3) is 0.643. The van der Waals surface area contributed by atoms with Crippen LogP contribution < -0.4 is 4.90 Å². The third kappa shape index (κ3) is 3.00. The SMILES string of the molecule is C[C@H](O)c1ccc(N2CCCC2CN(C)C)cn1. The van der Waals surface area contributed by atoms with Crippen molar-refractivity contribution in [2.45, 2.75) is 31.9 Å². The number of likely N-dealkylation sites (N-methyl/N-ethyl adjacent to an activating group) is 1. The summed E-state index contributed by atoms with van der Waals surface area (Å²) in [6, 6.07) is 4.58. The van der Waals surface area contributed by atoms with Crippen LogP contribution >= 0.6 is 0 Å². The summed E-state index contributed by atoms with van der Waals surface area (Å²) in [7, 11) is 4.23. The molecule has 0 saturated carbocycles. The van der Waals surface area contributed by atoms with Crippen LogP contribution in [0.2, 0.25) is 0 Å². The highest BCUT2D eigenvalue weighted by atomic mass is 16.3. The lowest BCUT2D eigenvalue weighted by molar-refractivity contribution is 0.194. The monoisotopic (exact) mass is 249 g/mol. The van der Waals surface area contributed by atoms with Crippen molar-refractivity contribution in [2.24, 2.45) is 0 Å². The first-order chi connectivity index (χ1) is 8.58. The number of hydrogen-bond donors (Lipinski definition) is 1. The summed E-state index contributed by atoms with van der Waals surface area (Å²) in [5.41, 5.74) is 1.91. The molecule has 0 radical (unpaired) electrons. The van der Waals surface area contributed by atoms with Gasteiger partial charge in [0.2, 0.25) is 0 Å². The average Bonchev–Trinajstić information content (AvgIpc) is 2.76. The predicted molar refractivity (Wildman–Crippen MR) is 73.8 cm³/mol. The summed E-state index contributed by atoms with van der Waals surface area (Å²) < 4.78 is 0. The van der Waals surface area contributed by atoms with E-state index < -0.39 is 6.10 Å². The van der Waals surface area contributed by atoms with Crippen LogP contribution in [0.3, 0.4) is 0 Å². The number of aromatic nitrogens is 1. The summed E-state index contributed by atoms with van der Waals surface area (Å²) in [5.74, 6) is 0. The molecule has 1 unspecified atom stereocenters. The predicted octanol–water partition coefficient (Wildman–Crippen LogP) is 1.67. The zero-order valence-corrected chi connectivity index (χ0v) is 11.5. The maximum absolute atomic E-state index is 9.47. The summed E-state index contributed by atoms with van der Waals surface area (Å²) in [4.78, 5) is 9.00. The van der Waals surface area contributed by atoms with Gasteiger partial charge in [-0.3, -0.25) is 4.98 Å². The molecule has 100 valence electrons. The second-order valence-electron chi connectivity index (χ2n) is 5.37. The van der Waals surface area contributed by atoms with Gasteiger partial charge in [0.1, 0.15) is 0 Å². The van der Waals surface area contributed by atoms with E-state index in [9.17, 15) is 5.11 Å². The minimum atomic E-state index is -0.491. The Hall–Kier alpha value is -1.13. The van der Waals surface area contributed by atoms with Gasteiger partial charge in [-0.15, -0.1) is 0 Å². The minimum Gasteiger partial charge on any atom is -0.387 e. The highest BCUT2D eigenvalue weighted by Crippen LogP contribution is 2.26. The van der Waals surface area contributed by atoms with E-state index in [0.717, 1.165) is 18.8 Å². The molecule has 2 heterocycles. The van der Waals surface area contributed by atoms with Crippen LogP contribution in [0.1, 0.15) is 31.6 Å². The summed E-state index contributed by atoms with van der Waals surface area (Å²) >= 11 is 0. The molecule has 1 aliphatic heterocycles. The lowest BCUT2D eigenvalue weighted by Gasteiger charge is -2.28. The van der Waals surface area contributed by atoms with Crippen LogP contribution in [0.5, 0.6) is 0 Å². The topological polar surface area (TPSA) is 39.6 Å². The molecule has 0 amide bonds. The summed E-state index contributed by atoms with van der Waals surface area (Å²) in [5, 5.41) is 9.47. The van der Waals surface area contributed by atoms with Gasteiger partial charge in [-0.05, 0) is 46.0 Å². The fourth-order valence-corrected chi connectivity index (χ4v) is 2.60. The number of rotatable bonds is 4. The Morgan fingerprint density at radius 1 is 1.50 bits per heavy atom. The maximum Gasteiger partial charge on any atom is 0.0931 e. The highest BCUT2D eigenvalue weighted by Gasteiger charge is 2.25. The van der Waals surface area contributed by atoms with Gasteiger partial charge in [0, 0.05) is 19.1 Å². The minimum absolute atomic E-state index is 0.491. The Morgan fingerprint density at radius 2 is 2.28 bits per heavy atom. The largest absolute Gasteiger partial charge is 0.387 e. The molecule has 1 fully saturated rings. The van der Waals surface area contributed by atoms with Crippen molar-refractivity contribution in [3.05, 3.63) is 24.0 Å². The van der Waals surface area contributed by atoms with E-state index in [0.29, 0.717) is 6.04 Å². The zero-order chi connectivity index (χ0) is 13.1. The first-order valence-corrected chi connectivity index (χ1v) is 6.63. The number of hydrogen-bond acceptors (Lipinski definition) is 4. The van der Waals surface area contributed by atoms with Crippen molar-refractivity contribution in [3.8, 4) is 0 Å². The fourth-order valence-electron chi connectivity index (χ4n) is 2.60. The molecular formula is C14H23N3O. The molecule has 2 atom stereocenters. The van der Waals surface area contributed by atoms with Gasteiger partial charge in [0.05, 0.1) is 23.7 Å². The van der Waals surface area contributed by atoms with E-state index in [2.05, 4.69) is 34.9 Å². The van der Waals surface area contributed by atoms with Crippen molar-refractivity contribution in [1.29, 1.82) is 0 Å². The molecule has 0 aliphatic carbocycles. The van der Waals surface area contributed by atoms with Crippen molar-refractivity contribution < 1.29 is 5.11 Å². The molecule has 4 nitrogen and oxygen atoms in total. The van der Waals surface area contributed by atoms with Gasteiger partial charge >= 0.3 is 0 Å². The molecule has 4 heteroatoms. The normalized spacial score (nSPS) is 21.6. The van der Waals surface area contributed by atoms with E-state index in [1.807, 2.05) is 12.3 Å². The Morgan fingerprint density at radius 3 is 2.83 bits per heavy atom. The maximum atomic E-state index is 9.47. The van der Waals surface area contributed by atoms with E-state index >= 15 is 0 Å². The van der Waals surface area contributed by atoms with Crippen LogP contribution in [0.4, 0.5) is 5.69 Å². The molecule has 1 aromatic heterocycles. The molecule has 0 bridgehead atoms. The van der Waals surface area contributed by atoms with Gasteiger partial charge in [-0.2, -0.15) is 0 Å². The number of anilines is 1. The van der Waals surface area contributed by atoms with E-state index in [-0.39, 0.29) is 0 Å². The van der Waals surface area contributed by atoms with Gasteiger partial charge in [0.15, 0.2) is 0 Å². The summed E-state index contributed by atoms with van der Waals surface area (Å²) in [6.07, 6.45) is 3.89. The molecule has 2 rings (SSSR count). The van der Waals surface area contributed by atoms with Crippen LogP contribution in [-0.2, 0) is 0 Å². The third-order valence-electron chi connectivity index (χ3n) is 3.48. The average molecular weight is 249 g/mol. The Labute approximate surface area is 109 Å². The molecule has 1 N–H and O–H groups in total. The van der Waals surface area contributed by atoms with Gasteiger partial charge < -0.3 is 14.9 Å². The van der Waals surface area contributed by atoms with Crippen molar-refractivity contribution >= 4 is 5.69 Å². The Balaban J connectivity index is 2.10. The zero-order valence-electron chi connectivity index (χ0n) is 11.5.